The lowest BCUT2D eigenvalue weighted by atomic mass is 9.95. The first-order valence-electron chi connectivity index (χ1n) is 8.01. The van der Waals surface area contributed by atoms with Crippen LogP contribution in [0, 0.1) is 5.82 Å². The first-order valence-corrected chi connectivity index (χ1v) is 8.01. The molecule has 0 aliphatic carbocycles. The van der Waals surface area contributed by atoms with Crippen LogP contribution >= 0.6 is 0 Å². The van der Waals surface area contributed by atoms with Crippen LogP contribution in [-0.2, 0) is 0 Å². The van der Waals surface area contributed by atoms with E-state index < -0.39 is 5.60 Å². The number of benzene rings is 2. The standard InChI is InChI=1S/C20H21FO3/c1-20(2,22)10-12-23-16-7-8-19-18(13-16)17(9-11-24-19)14-3-5-15(21)6-4-14/h3-9,13,22H,10-12H2,1-2H3. The van der Waals surface area contributed by atoms with Crippen molar-refractivity contribution < 1.29 is 19.0 Å². The molecule has 0 saturated heterocycles. The minimum Gasteiger partial charge on any atom is -0.493 e. The molecule has 0 aromatic heterocycles. The fourth-order valence-electron chi connectivity index (χ4n) is 2.58. The van der Waals surface area contributed by atoms with Gasteiger partial charge in [0.1, 0.15) is 23.9 Å². The van der Waals surface area contributed by atoms with Gasteiger partial charge in [0, 0.05) is 12.0 Å². The molecule has 1 aliphatic heterocycles. The lowest BCUT2D eigenvalue weighted by molar-refractivity contribution is 0.0553. The Bertz CT molecular complexity index is 742. The highest BCUT2D eigenvalue weighted by Crippen LogP contribution is 2.36. The fourth-order valence-corrected chi connectivity index (χ4v) is 2.58. The lowest BCUT2D eigenvalue weighted by Gasteiger charge is -2.21. The molecular formula is C20H21FO3. The Labute approximate surface area is 141 Å². The number of fused-ring (bicyclic) bond motifs is 1. The molecular weight excluding hydrogens is 307 g/mol. The van der Waals surface area contributed by atoms with Crippen molar-refractivity contribution in [2.45, 2.75) is 25.9 Å². The maximum atomic E-state index is 13.2. The number of aliphatic hydroxyl groups is 1. The molecule has 0 fully saturated rings. The molecule has 3 rings (SSSR count). The smallest absolute Gasteiger partial charge is 0.127 e. The molecule has 0 radical (unpaired) electrons. The van der Waals surface area contributed by atoms with Crippen molar-refractivity contribution in [1.29, 1.82) is 0 Å². The summed E-state index contributed by atoms with van der Waals surface area (Å²) in [5, 5.41) is 9.76. The summed E-state index contributed by atoms with van der Waals surface area (Å²) in [5.41, 5.74) is 2.11. The Morgan fingerprint density at radius 3 is 2.62 bits per heavy atom. The van der Waals surface area contributed by atoms with Crippen molar-refractivity contribution in [1.82, 2.24) is 0 Å². The van der Waals surface area contributed by atoms with Crippen LogP contribution in [0.5, 0.6) is 11.5 Å². The van der Waals surface area contributed by atoms with Crippen LogP contribution in [0.4, 0.5) is 4.39 Å². The molecule has 1 heterocycles. The van der Waals surface area contributed by atoms with E-state index in [1.165, 1.54) is 12.1 Å². The van der Waals surface area contributed by atoms with E-state index >= 15 is 0 Å². The van der Waals surface area contributed by atoms with Crippen molar-refractivity contribution in [2.75, 3.05) is 13.2 Å². The van der Waals surface area contributed by atoms with Crippen molar-refractivity contribution in [2.24, 2.45) is 0 Å². The van der Waals surface area contributed by atoms with Gasteiger partial charge >= 0.3 is 0 Å². The van der Waals surface area contributed by atoms with Gasteiger partial charge in [-0.1, -0.05) is 12.1 Å². The summed E-state index contributed by atoms with van der Waals surface area (Å²) >= 11 is 0. The molecule has 1 N–H and O–H groups in total. The lowest BCUT2D eigenvalue weighted by Crippen LogP contribution is -2.21. The number of hydrogen-bond acceptors (Lipinski definition) is 3. The molecule has 24 heavy (non-hydrogen) atoms. The van der Waals surface area contributed by atoms with E-state index in [4.69, 9.17) is 9.47 Å². The zero-order valence-corrected chi connectivity index (χ0v) is 13.9. The Balaban J connectivity index is 1.83. The number of rotatable bonds is 5. The van der Waals surface area contributed by atoms with Crippen LogP contribution in [0.15, 0.2) is 48.5 Å². The molecule has 3 nitrogen and oxygen atoms in total. The van der Waals surface area contributed by atoms with E-state index in [1.54, 1.807) is 26.0 Å². The van der Waals surface area contributed by atoms with Gasteiger partial charge in [-0.2, -0.15) is 0 Å². The molecule has 0 spiro atoms. The predicted octanol–water partition coefficient (Wildman–Crippen LogP) is 4.19. The van der Waals surface area contributed by atoms with Crippen LogP contribution < -0.4 is 9.47 Å². The van der Waals surface area contributed by atoms with E-state index in [1.807, 2.05) is 24.3 Å². The second-order valence-electron chi connectivity index (χ2n) is 6.50. The second-order valence-corrected chi connectivity index (χ2v) is 6.50. The Morgan fingerprint density at radius 2 is 1.92 bits per heavy atom. The third-order valence-electron chi connectivity index (χ3n) is 3.91. The van der Waals surface area contributed by atoms with Gasteiger partial charge in [0.2, 0.25) is 0 Å². The van der Waals surface area contributed by atoms with E-state index in [-0.39, 0.29) is 5.82 Å². The average molecular weight is 328 g/mol. The minimum atomic E-state index is -0.753. The maximum absolute atomic E-state index is 13.2. The quantitative estimate of drug-likeness (QED) is 0.894. The van der Waals surface area contributed by atoms with Crippen molar-refractivity contribution in [3.8, 4) is 11.5 Å². The Kier molecular flexibility index (Phi) is 4.58. The summed E-state index contributed by atoms with van der Waals surface area (Å²) in [6, 6.07) is 12.1. The van der Waals surface area contributed by atoms with Gasteiger partial charge in [-0.3, -0.25) is 0 Å². The zero-order chi connectivity index (χ0) is 17.2. The van der Waals surface area contributed by atoms with Crippen molar-refractivity contribution in [3.05, 3.63) is 65.5 Å². The Morgan fingerprint density at radius 1 is 1.17 bits per heavy atom. The van der Waals surface area contributed by atoms with Crippen LogP contribution in [0.3, 0.4) is 0 Å². The predicted molar refractivity (Wildman–Crippen MR) is 91.8 cm³/mol. The highest BCUT2D eigenvalue weighted by atomic mass is 19.1. The van der Waals surface area contributed by atoms with Crippen LogP contribution in [0.2, 0.25) is 0 Å². The largest absolute Gasteiger partial charge is 0.493 e. The third kappa shape index (κ3) is 3.95. The summed E-state index contributed by atoms with van der Waals surface area (Å²) in [6.07, 6.45) is 2.53. The van der Waals surface area contributed by atoms with Gasteiger partial charge in [-0.15, -0.1) is 0 Å². The van der Waals surface area contributed by atoms with E-state index in [0.29, 0.717) is 19.6 Å². The Hall–Kier alpha value is -2.33. The van der Waals surface area contributed by atoms with Crippen LogP contribution in [-0.4, -0.2) is 23.9 Å². The summed E-state index contributed by atoms with van der Waals surface area (Å²) < 4.78 is 24.6. The molecule has 0 bridgehead atoms. The molecule has 0 unspecified atom stereocenters. The molecule has 4 heteroatoms. The SMILES string of the molecule is CC(C)(O)CCOc1ccc2c(c1)C(c1ccc(F)cc1)=CCO2. The summed E-state index contributed by atoms with van der Waals surface area (Å²) in [6.45, 7) is 4.43. The summed E-state index contributed by atoms with van der Waals surface area (Å²) in [5.74, 6) is 1.25. The van der Waals surface area contributed by atoms with Gasteiger partial charge in [0.05, 0.1) is 12.2 Å². The van der Waals surface area contributed by atoms with E-state index in [2.05, 4.69) is 0 Å². The second kappa shape index (κ2) is 6.65. The number of hydrogen-bond donors (Lipinski definition) is 1. The summed E-state index contributed by atoms with van der Waals surface area (Å²) in [4.78, 5) is 0. The molecule has 0 saturated carbocycles. The fraction of sp³-hybridized carbons (Fsp3) is 0.300. The van der Waals surface area contributed by atoms with Gasteiger partial charge in [0.25, 0.3) is 0 Å². The zero-order valence-electron chi connectivity index (χ0n) is 13.9. The molecule has 1 aliphatic rings. The molecule has 0 atom stereocenters. The van der Waals surface area contributed by atoms with Gasteiger partial charge in [-0.05, 0) is 61.4 Å². The van der Waals surface area contributed by atoms with Gasteiger partial charge in [0.15, 0.2) is 0 Å². The highest BCUT2D eigenvalue weighted by Gasteiger charge is 2.17. The van der Waals surface area contributed by atoms with Crippen LogP contribution in [0.1, 0.15) is 31.4 Å². The molecule has 2 aromatic carbocycles. The molecule has 126 valence electrons. The van der Waals surface area contributed by atoms with Crippen molar-refractivity contribution in [3.63, 3.8) is 0 Å². The van der Waals surface area contributed by atoms with Gasteiger partial charge in [-0.25, -0.2) is 4.39 Å². The minimum absolute atomic E-state index is 0.254. The number of halogens is 1. The summed E-state index contributed by atoms with van der Waals surface area (Å²) in [7, 11) is 0. The monoisotopic (exact) mass is 328 g/mol. The number of ether oxygens (including phenoxy) is 2. The first kappa shape index (κ1) is 16.5. The van der Waals surface area contributed by atoms with Crippen molar-refractivity contribution >= 4 is 5.57 Å². The van der Waals surface area contributed by atoms with E-state index in [0.717, 1.165) is 28.2 Å². The topological polar surface area (TPSA) is 38.7 Å². The first-order chi connectivity index (χ1) is 11.4. The average Bonchev–Trinajstić information content (AvgIpc) is 2.54. The van der Waals surface area contributed by atoms with Crippen LogP contribution in [0.25, 0.3) is 5.57 Å². The normalized spacial score (nSPS) is 13.8. The molecule has 2 aromatic rings. The maximum Gasteiger partial charge on any atom is 0.127 e. The van der Waals surface area contributed by atoms with Gasteiger partial charge < -0.3 is 14.6 Å². The van der Waals surface area contributed by atoms with E-state index in [9.17, 15) is 9.50 Å². The molecule has 0 amide bonds. The third-order valence-corrected chi connectivity index (χ3v) is 3.91. The highest BCUT2D eigenvalue weighted by molar-refractivity contribution is 5.84.